The van der Waals surface area contributed by atoms with E-state index in [0.29, 0.717) is 0 Å². The van der Waals surface area contributed by atoms with E-state index in [4.69, 9.17) is 0 Å². The Labute approximate surface area is 51.6 Å². The summed E-state index contributed by atoms with van der Waals surface area (Å²) in [6, 6.07) is -9.12. The summed E-state index contributed by atoms with van der Waals surface area (Å²) in [4.78, 5) is 0. The zero-order valence-electron chi connectivity index (χ0n) is 4.30. The highest BCUT2D eigenvalue weighted by molar-refractivity contribution is 4.78. The summed E-state index contributed by atoms with van der Waals surface area (Å²) in [5.41, 5.74) is 0. The zero-order chi connectivity index (χ0) is 7.83. The third-order valence-corrected chi connectivity index (χ3v) is 0.743. The van der Waals surface area contributed by atoms with Gasteiger partial charge in [0.05, 0.1) is 0 Å². The summed E-state index contributed by atoms with van der Waals surface area (Å²) < 4.78 is 47.3. The quantitative estimate of drug-likeness (QED) is 0.380. The maximum absolute atomic E-state index is 11.8. The van der Waals surface area contributed by atoms with Gasteiger partial charge < -0.3 is 0 Å². The molecular weight excluding hydrogens is 156 g/mol. The van der Waals surface area contributed by atoms with Crippen LogP contribution in [0.2, 0.25) is 0 Å². The lowest BCUT2D eigenvalue weighted by Gasteiger charge is -2.16. The summed E-state index contributed by atoms with van der Waals surface area (Å²) >= 11 is 0. The number of nitrogens with zero attached hydrogens (tertiary/aromatic N) is 4. The Balaban J connectivity index is 2.96. The third kappa shape index (κ3) is 0.847. The summed E-state index contributed by atoms with van der Waals surface area (Å²) in [5.74, 6) is 0. The number of halogens is 4. The third-order valence-electron chi connectivity index (χ3n) is 0.743. The molecule has 0 aromatic heterocycles. The molecule has 0 aromatic rings. The van der Waals surface area contributed by atoms with Crippen molar-refractivity contribution >= 4 is 0 Å². The van der Waals surface area contributed by atoms with Gasteiger partial charge in [-0.2, -0.15) is 17.6 Å². The van der Waals surface area contributed by atoms with E-state index in [1.165, 1.54) is 0 Å². The number of hydrogen-bond donors (Lipinski definition) is 0. The van der Waals surface area contributed by atoms with Crippen LogP contribution in [-0.2, 0) is 0 Å². The molecule has 0 amide bonds. The van der Waals surface area contributed by atoms with Gasteiger partial charge in [-0.25, -0.2) is 0 Å². The average molecular weight is 156 g/mol. The highest BCUT2D eigenvalue weighted by Crippen LogP contribution is 2.38. The van der Waals surface area contributed by atoms with Crippen molar-refractivity contribution in [3.63, 3.8) is 0 Å². The van der Waals surface area contributed by atoms with E-state index in [2.05, 4.69) is 10.4 Å². The van der Waals surface area contributed by atoms with Crippen molar-refractivity contribution < 1.29 is 17.6 Å². The molecular formula is C2F4N4. The second-order valence-corrected chi connectivity index (χ2v) is 1.46. The fourth-order valence-electron chi connectivity index (χ4n) is 0.273. The van der Waals surface area contributed by atoms with E-state index in [1.54, 1.807) is 0 Å². The monoisotopic (exact) mass is 156 g/mol. The van der Waals surface area contributed by atoms with Crippen molar-refractivity contribution in [1.29, 1.82) is 0 Å². The van der Waals surface area contributed by atoms with Gasteiger partial charge in [0.15, 0.2) is 0 Å². The lowest BCUT2D eigenvalue weighted by atomic mass is 10.5. The topological polar surface area (TPSA) is 49.4 Å². The molecule has 1 rings (SSSR count). The summed E-state index contributed by atoms with van der Waals surface area (Å²) in [6.45, 7) is 0. The van der Waals surface area contributed by atoms with E-state index >= 15 is 0 Å². The predicted octanol–water partition coefficient (Wildman–Crippen LogP) is 2.00. The highest BCUT2D eigenvalue weighted by atomic mass is 19.3. The molecule has 1 heterocycles. The normalized spacial score (nSPS) is 26.8. The Kier molecular flexibility index (Phi) is 1.20. The van der Waals surface area contributed by atoms with Crippen molar-refractivity contribution in [2.45, 2.75) is 12.1 Å². The SMILES string of the molecule is FC1(F)N=NN=NC1(F)F. The van der Waals surface area contributed by atoms with Gasteiger partial charge in [0.25, 0.3) is 0 Å². The number of alkyl halides is 4. The lowest BCUT2D eigenvalue weighted by molar-refractivity contribution is -0.211. The smallest absolute Gasteiger partial charge is 0.170 e. The molecule has 4 nitrogen and oxygen atoms in total. The van der Waals surface area contributed by atoms with Crippen LogP contribution < -0.4 is 0 Å². The maximum Gasteiger partial charge on any atom is 0.447 e. The van der Waals surface area contributed by atoms with Crippen molar-refractivity contribution in [3.8, 4) is 0 Å². The Morgan fingerprint density at radius 3 is 1.20 bits per heavy atom. The number of hydrogen-bond acceptors (Lipinski definition) is 4. The summed E-state index contributed by atoms with van der Waals surface area (Å²) in [5, 5.41) is 8.35. The van der Waals surface area contributed by atoms with Crippen LogP contribution in [0.15, 0.2) is 20.7 Å². The van der Waals surface area contributed by atoms with Gasteiger partial charge in [0, 0.05) is 0 Å². The molecule has 0 aromatic carbocycles. The second-order valence-electron chi connectivity index (χ2n) is 1.46. The first-order valence-corrected chi connectivity index (χ1v) is 2.05. The van der Waals surface area contributed by atoms with Crippen LogP contribution in [0.3, 0.4) is 0 Å². The second kappa shape index (κ2) is 1.70. The van der Waals surface area contributed by atoms with Crippen LogP contribution in [-0.4, -0.2) is 12.1 Å². The van der Waals surface area contributed by atoms with Crippen molar-refractivity contribution in [2.24, 2.45) is 20.7 Å². The van der Waals surface area contributed by atoms with Gasteiger partial charge in [-0.1, -0.05) is 10.2 Å². The van der Waals surface area contributed by atoms with Crippen molar-refractivity contribution in [3.05, 3.63) is 0 Å². The first-order valence-electron chi connectivity index (χ1n) is 2.05. The standard InChI is InChI=1S/C2F4N4/c3-1(4)2(5,6)8-10-9-7-1. The molecule has 1 aliphatic rings. The van der Waals surface area contributed by atoms with E-state index in [9.17, 15) is 17.6 Å². The molecule has 0 bridgehead atoms. The molecule has 10 heavy (non-hydrogen) atoms. The Hall–Kier alpha value is -1.08. The van der Waals surface area contributed by atoms with Crippen LogP contribution in [0, 0.1) is 0 Å². The van der Waals surface area contributed by atoms with Gasteiger partial charge in [0.1, 0.15) is 0 Å². The molecule has 0 atom stereocenters. The minimum Gasteiger partial charge on any atom is -0.170 e. The van der Waals surface area contributed by atoms with Gasteiger partial charge in [-0.05, 0) is 10.4 Å². The average Bonchev–Trinajstić information content (AvgIpc) is 1.77. The molecule has 0 saturated heterocycles. The van der Waals surface area contributed by atoms with Crippen molar-refractivity contribution in [1.82, 2.24) is 0 Å². The van der Waals surface area contributed by atoms with E-state index in [-0.39, 0.29) is 0 Å². The van der Waals surface area contributed by atoms with Crippen molar-refractivity contribution in [2.75, 3.05) is 0 Å². The molecule has 0 radical (unpaired) electrons. The Morgan fingerprint density at radius 2 is 1.00 bits per heavy atom. The minimum absolute atomic E-state index is 1.90. The molecule has 8 heteroatoms. The predicted molar refractivity (Wildman–Crippen MR) is 19.6 cm³/mol. The maximum atomic E-state index is 11.8. The molecule has 56 valence electrons. The largest absolute Gasteiger partial charge is 0.447 e. The highest BCUT2D eigenvalue weighted by Gasteiger charge is 2.60. The van der Waals surface area contributed by atoms with Crippen LogP contribution in [0.1, 0.15) is 0 Å². The van der Waals surface area contributed by atoms with Crippen LogP contribution >= 0.6 is 0 Å². The molecule has 0 saturated carbocycles. The first-order chi connectivity index (χ1) is 4.46. The van der Waals surface area contributed by atoms with Crippen LogP contribution in [0.5, 0.6) is 0 Å². The minimum atomic E-state index is -4.56. The molecule has 0 spiro atoms. The number of rotatable bonds is 0. The molecule has 0 unspecified atom stereocenters. The van der Waals surface area contributed by atoms with Gasteiger partial charge >= 0.3 is 12.1 Å². The van der Waals surface area contributed by atoms with Gasteiger partial charge in [-0.15, -0.1) is 0 Å². The molecule has 0 aliphatic carbocycles. The van der Waals surface area contributed by atoms with Gasteiger partial charge in [0.2, 0.25) is 0 Å². The first kappa shape index (κ1) is 7.03. The Bertz CT molecular complexity index is 173. The van der Waals surface area contributed by atoms with E-state index in [1.807, 2.05) is 10.2 Å². The molecule has 0 N–H and O–H groups in total. The van der Waals surface area contributed by atoms with E-state index in [0.717, 1.165) is 0 Å². The Morgan fingerprint density at radius 1 is 0.700 bits per heavy atom. The lowest BCUT2D eigenvalue weighted by Crippen LogP contribution is -2.37. The zero-order valence-corrected chi connectivity index (χ0v) is 4.30. The molecule has 0 fully saturated rings. The summed E-state index contributed by atoms with van der Waals surface area (Å²) in [6.07, 6.45) is 0. The van der Waals surface area contributed by atoms with Crippen LogP contribution in [0.4, 0.5) is 17.6 Å². The summed E-state index contributed by atoms with van der Waals surface area (Å²) in [7, 11) is 0. The fourth-order valence-corrected chi connectivity index (χ4v) is 0.273. The van der Waals surface area contributed by atoms with Crippen LogP contribution in [0.25, 0.3) is 0 Å². The fraction of sp³-hybridized carbons (Fsp3) is 1.00. The van der Waals surface area contributed by atoms with E-state index < -0.39 is 12.1 Å². The van der Waals surface area contributed by atoms with Gasteiger partial charge in [-0.3, -0.25) is 0 Å². The molecule has 1 aliphatic heterocycles.